The van der Waals surface area contributed by atoms with Gasteiger partial charge in [-0.15, -0.1) is 0 Å². The van der Waals surface area contributed by atoms with Gasteiger partial charge in [-0.3, -0.25) is 23.2 Å². The highest BCUT2D eigenvalue weighted by Crippen LogP contribution is 2.43. The van der Waals surface area contributed by atoms with Gasteiger partial charge in [0, 0.05) is 12.8 Å². The quantitative estimate of drug-likeness (QED) is 0.00997. The fraction of sp³-hybridized carbons (Fsp3) is 0.542. The molecule has 6 atom stereocenters. The van der Waals surface area contributed by atoms with Gasteiger partial charge in [0.25, 0.3) is 0 Å². The minimum absolute atomic E-state index is 0.00803. The second-order valence-electron chi connectivity index (χ2n) is 14.8. The number of unbranched alkanes of at least 4 members (excludes halogenated alkanes) is 2. The van der Waals surface area contributed by atoms with E-state index in [0.717, 1.165) is 51.4 Å². The largest absolute Gasteiger partial charge is 0.472 e. The van der Waals surface area contributed by atoms with E-state index in [0.29, 0.717) is 19.3 Å². The fourth-order valence-electron chi connectivity index (χ4n) is 5.17. The normalized spacial score (nSPS) is 16.4. The van der Waals surface area contributed by atoms with E-state index in [4.69, 9.17) is 23.8 Å². The van der Waals surface area contributed by atoms with E-state index in [-0.39, 0.29) is 25.7 Å². The smallest absolute Gasteiger partial charge is 0.462 e. The number of allylic oxidation sites excluding steroid dienone is 18. The number of phosphoric acid groups is 2. The van der Waals surface area contributed by atoms with Gasteiger partial charge in [0.1, 0.15) is 12.7 Å². The van der Waals surface area contributed by atoms with Crippen molar-refractivity contribution < 1.29 is 76.9 Å². The molecule has 0 aliphatic carbocycles. The van der Waals surface area contributed by atoms with E-state index in [1.807, 2.05) is 24.3 Å². The van der Waals surface area contributed by atoms with Crippen LogP contribution in [0.3, 0.4) is 0 Å². The van der Waals surface area contributed by atoms with Crippen molar-refractivity contribution in [3.8, 4) is 0 Å². The highest BCUT2D eigenvalue weighted by atomic mass is 31.2. The van der Waals surface area contributed by atoms with Crippen LogP contribution < -0.4 is 0 Å². The van der Waals surface area contributed by atoms with E-state index in [1.54, 1.807) is 42.5 Å². The molecular weight excluding hydrogens is 894 g/mol. The van der Waals surface area contributed by atoms with Crippen molar-refractivity contribution in [1.82, 2.24) is 0 Å². The van der Waals surface area contributed by atoms with E-state index in [1.165, 1.54) is 6.08 Å². The summed E-state index contributed by atoms with van der Waals surface area (Å²) in [4.78, 5) is 52.8. The van der Waals surface area contributed by atoms with Gasteiger partial charge < -0.3 is 44.6 Å². The van der Waals surface area contributed by atoms with Gasteiger partial charge in [-0.2, -0.15) is 0 Å². The van der Waals surface area contributed by atoms with Crippen LogP contribution in [0.4, 0.5) is 0 Å². The lowest BCUT2D eigenvalue weighted by atomic mass is 10.1. The van der Waals surface area contributed by atoms with E-state index in [9.17, 15) is 44.0 Å². The maximum Gasteiger partial charge on any atom is 0.472 e. The number of aliphatic hydroxyl groups is 4. The lowest BCUT2D eigenvalue weighted by molar-refractivity contribution is -0.161. The zero-order chi connectivity index (χ0) is 49.2. The number of rotatable bonds is 40. The van der Waals surface area contributed by atoms with Gasteiger partial charge in [-0.05, 0) is 64.2 Å². The third kappa shape index (κ3) is 43.0. The van der Waals surface area contributed by atoms with Crippen molar-refractivity contribution in [2.75, 3.05) is 26.4 Å². The predicted octanol–water partition coefficient (Wildman–Crippen LogP) is 8.58. The summed E-state index contributed by atoms with van der Waals surface area (Å²) in [7, 11) is -9.85. The molecular formula is C48H76O16P2. The third-order valence-corrected chi connectivity index (χ3v) is 10.1. The molecule has 0 aromatic carbocycles. The maximum absolute atomic E-state index is 12.7. The monoisotopic (exact) mass is 970 g/mol. The number of ether oxygens (including phenoxy) is 2. The molecule has 0 aromatic rings. The first-order valence-electron chi connectivity index (χ1n) is 22.6. The van der Waals surface area contributed by atoms with Crippen LogP contribution in [0, 0.1) is 0 Å². The highest BCUT2D eigenvalue weighted by molar-refractivity contribution is 7.47. The topological polar surface area (TPSA) is 256 Å². The summed E-state index contributed by atoms with van der Waals surface area (Å²) < 4.78 is 47.5. The van der Waals surface area contributed by atoms with E-state index < -0.39 is 84.5 Å². The van der Waals surface area contributed by atoms with Crippen molar-refractivity contribution in [2.45, 2.75) is 141 Å². The van der Waals surface area contributed by atoms with Crippen LogP contribution in [0.25, 0.3) is 0 Å². The molecule has 7 N–H and O–H groups in total. The number of carbonyl (C=O) groups excluding carboxylic acids is 2. The summed E-state index contributed by atoms with van der Waals surface area (Å²) in [6.45, 7) is 1.04. The molecule has 0 saturated heterocycles. The third-order valence-electron chi connectivity index (χ3n) is 8.70. The van der Waals surface area contributed by atoms with Crippen LogP contribution in [-0.2, 0) is 41.8 Å². The van der Waals surface area contributed by atoms with Gasteiger partial charge in [0.2, 0.25) is 0 Å². The van der Waals surface area contributed by atoms with Crippen molar-refractivity contribution >= 4 is 27.6 Å². The Bertz CT molecular complexity index is 1670. The second-order valence-corrected chi connectivity index (χ2v) is 17.5. The second kappa shape index (κ2) is 41.6. The number of esters is 2. The van der Waals surface area contributed by atoms with Gasteiger partial charge in [-0.25, -0.2) is 9.13 Å². The molecule has 374 valence electrons. The molecule has 0 aliphatic heterocycles. The number of aliphatic hydroxyl groups excluding tert-OH is 4. The minimum Gasteiger partial charge on any atom is -0.462 e. The molecule has 1 unspecified atom stereocenters. The van der Waals surface area contributed by atoms with Gasteiger partial charge >= 0.3 is 27.6 Å². The van der Waals surface area contributed by atoms with Gasteiger partial charge in [-0.1, -0.05) is 155 Å². The Labute approximate surface area is 392 Å². The van der Waals surface area contributed by atoms with Crippen molar-refractivity contribution in [1.29, 1.82) is 0 Å². The Balaban J connectivity index is 4.95. The Kier molecular flexibility index (Phi) is 39.3. The summed E-state index contributed by atoms with van der Waals surface area (Å²) in [5.74, 6) is -1.47. The maximum atomic E-state index is 12.7. The Morgan fingerprint density at radius 2 is 1.06 bits per heavy atom. The minimum atomic E-state index is -4.93. The molecule has 0 heterocycles. The van der Waals surface area contributed by atoms with Gasteiger partial charge in [0.15, 0.2) is 6.10 Å². The zero-order valence-corrected chi connectivity index (χ0v) is 40.4. The lowest BCUT2D eigenvalue weighted by Gasteiger charge is -2.21. The van der Waals surface area contributed by atoms with Crippen LogP contribution in [0.2, 0.25) is 0 Å². The Hall–Kier alpha value is -3.60. The van der Waals surface area contributed by atoms with Crippen LogP contribution in [0.15, 0.2) is 122 Å². The summed E-state index contributed by atoms with van der Waals surface area (Å²) >= 11 is 0. The number of phosphoric ester groups is 2. The van der Waals surface area contributed by atoms with Crippen molar-refractivity contribution in [3.05, 3.63) is 122 Å². The highest BCUT2D eigenvalue weighted by Gasteiger charge is 2.28. The molecule has 0 amide bonds. The summed E-state index contributed by atoms with van der Waals surface area (Å²) in [6.07, 6.45) is 41.4. The fourth-order valence-corrected chi connectivity index (χ4v) is 6.32. The molecule has 0 saturated carbocycles. The van der Waals surface area contributed by atoms with Crippen LogP contribution in [0.5, 0.6) is 0 Å². The number of hydrogen-bond acceptors (Lipinski definition) is 13. The molecule has 0 fully saturated rings. The van der Waals surface area contributed by atoms with Gasteiger partial charge in [0.05, 0.1) is 38.1 Å². The number of hydrogen-bond donors (Lipinski definition) is 7. The first-order chi connectivity index (χ1) is 31.6. The molecule has 0 radical (unpaired) electrons. The molecule has 0 bridgehead atoms. The van der Waals surface area contributed by atoms with Crippen LogP contribution >= 0.6 is 15.6 Å². The van der Waals surface area contributed by atoms with E-state index >= 15 is 0 Å². The molecule has 0 aromatic heterocycles. The average molecular weight is 971 g/mol. The predicted molar refractivity (Wildman–Crippen MR) is 257 cm³/mol. The molecule has 66 heavy (non-hydrogen) atoms. The summed E-state index contributed by atoms with van der Waals surface area (Å²) in [5.41, 5.74) is 0. The first kappa shape index (κ1) is 62.4. The Morgan fingerprint density at radius 1 is 0.545 bits per heavy atom. The summed E-state index contributed by atoms with van der Waals surface area (Å²) in [5, 5.41) is 40.3. The SMILES string of the molecule is CC/C=C\C/C=C\C/C=C\C/C=C\C/C=C\C/C=C\CCC(=O)OC[C@H](COP(=O)(O)OC[C@@H](O)COP(=O)(O)O)OC(=O)CCC[C@H](O)[C@@H](O)/C=C/C=C/C=C\C=C\[C@@H](O)CCCCC. The summed E-state index contributed by atoms with van der Waals surface area (Å²) in [6, 6.07) is 0. The molecule has 0 spiro atoms. The average Bonchev–Trinajstić information content (AvgIpc) is 3.27. The van der Waals surface area contributed by atoms with Crippen molar-refractivity contribution in [3.63, 3.8) is 0 Å². The molecule has 18 heteroatoms. The zero-order valence-electron chi connectivity index (χ0n) is 38.6. The first-order valence-corrected chi connectivity index (χ1v) is 25.6. The molecule has 16 nitrogen and oxygen atoms in total. The van der Waals surface area contributed by atoms with Crippen LogP contribution in [0.1, 0.15) is 110 Å². The van der Waals surface area contributed by atoms with E-state index in [2.05, 4.69) is 71.5 Å². The standard InChI is InChI=1S/C48H76O16P2/c1-3-5-7-8-9-10-11-12-13-14-15-16-17-18-19-20-21-26-30-36-47(53)60-40-44(41-63-66(58,59)62-39-43(50)38-61-65(55,56)57)64-48(54)37-31-35-46(52)45(51)34-29-25-23-22-24-28-33-42(49)32-27-6-4-2/h5,7,9-10,12-13,15-16,18-19,21-26,28-29,33-34,42-46,49-52H,3-4,6,8,11,14,17,20,27,30-32,35-41H2,1-2H3,(H,58,59)(H2,55,56,57)/b7-5-,10-9-,13-12-,16-15-,19-18-,24-22-,25-23+,26-21-,33-28+,34-29+/t42-,43-,44+,45-,46-/m0/s1. The molecule has 0 aliphatic rings. The molecule has 0 rings (SSSR count). The van der Waals surface area contributed by atoms with Crippen LogP contribution in [-0.4, -0.2) is 104 Å². The van der Waals surface area contributed by atoms with Crippen molar-refractivity contribution in [2.24, 2.45) is 0 Å². The lowest BCUT2D eigenvalue weighted by Crippen LogP contribution is -2.30. The number of carbonyl (C=O) groups is 2. The Morgan fingerprint density at radius 3 is 1.62 bits per heavy atom.